The van der Waals surface area contributed by atoms with E-state index in [-0.39, 0.29) is 16.8 Å². The summed E-state index contributed by atoms with van der Waals surface area (Å²) in [6.07, 6.45) is -0.0289. The van der Waals surface area contributed by atoms with Gasteiger partial charge in [-0.15, -0.1) is 0 Å². The van der Waals surface area contributed by atoms with Crippen molar-refractivity contribution < 1.29 is 18.0 Å². The average molecular weight is 269 g/mol. The molecule has 2 nitrogen and oxygen atoms in total. The van der Waals surface area contributed by atoms with Gasteiger partial charge < -0.3 is 0 Å². The highest BCUT2D eigenvalue weighted by Gasteiger charge is 2.36. The van der Waals surface area contributed by atoms with Crippen molar-refractivity contribution in [2.75, 3.05) is 0 Å². The number of alkyl halides is 3. The van der Waals surface area contributed by atoms with Crippen molar-refractivity contribution in [3.63, 3.8) is 0 Å². The van der Waals surface area contributed by atoms with Crippen LogP contribution in [0.3, 0.4) is 0 Å². The standard InChI is InChI=1S/C14H14F3NO/c1-13(2)6-9(5-10(19)7-13)11-8-18-4-3-12(11)14(15,16)17/h3-5,8H,6-7H2,1-2H3. The fraction of sp³-hybridized carbons (Fsp3) is 0.429. The molecule has 1 aliphatic carbocycles. The highest BCUT2D eigenvalue weighted by atomic mass is 19.4. The maximum atomic E-state index is 13.0. The van der Waals surface area contributed by atoms with Gasteiger partial charge in [-0.3, -0.25) is 9.78 Å². The van der Waals surface area contributed by atoms with Crippen LogP contribution in [-0.4, -0.2) is 10.8 Å². The van der Waals surface area contributed by atoms with Gasteiger partial charge in [-0.2, -0.15) is 13.2 Å². The first-order valence-corrected chi connectivity index (χ1v) is 5.94. The second-order valence-corrected chi connectivity index (χ2v) is 5.57. The van der Waals surface area contributed by atoms with E-state index in [2.05, 4.69) is 4.98 Å². The number of ketones is 1. The summed E-state index contributed by atoms with van der Waals surface area (Å²) < 4.78 is 38.9. The second-order valence-electron chi connectivity index (χ2n) is 5.57. The number of hydrogen-bond donors (Lipinski definition) is 0. The first-order chi connectivity index (χ1) is 8.69. The van der Waals surface area contributed by atoms with Crippen molar-refractivity contribution in [2.45, 2.75) is 32.9 Å². The van der Waals surface area contributed by atoms with Gasteiger partial charge in [0.25, 0.3) is 0 Å². The van der Waals surface area contributed by atoms with Gasteiger partial charge >= 0.3 is 6.18 Å². The number of halogens is 3. The van der Waals surface area contributed by atoms with Crippen molar-refractivity contribution in [1.29, 1.82) is 0 Å². The lowest BCUT2D eigenvalue weighted by Gasteiger charge is -2.29. The second kappa shape index (κ2) is 4.47. The Morgan fingerprint density at radius 2 is 1.95 bits per heavy atom. The van der Waals surface area contributed by atoms with Gasteiger partial charge in [-0.05, 0) is 29.6 Å². The molecule has 5 heteroatoms. The number of allylic oxidation sites excluding steroid dienone is 2. The summed E-state index contributed by atoms with van der Waals surface area (Å²) in [7, 11) is 0. The molecule has 102 valence electrons. The summed E-state index contributed by atoms with van der Waals surface area (Å²) in [6, 6.07) is 0.947. The summed E-state index contributed by atoms with van der Waals surface area (Å²) >= 11 is 0. The smallest absolute Gasteiger partial charge is 0.295 e. The van der Waals surface area contributed by atoms with Crippen molar-refractivity contribution in [2.24, 2.45) is 5.41 Å². The minimum Gasteiger partial charge on any atom is -0.295 e. The molecule has 19 heavy (non-hydrogen) atoms. The van der Waals surface area contributed by atoms with Crippen LogP contribution < -0.4 is 0 Å². The minimum atomic E-state index is -4.44. The molecule has 2 rings (SSSR count). The lowest BCUT2D eigenvalue weighted by Crippen LogP contribution is -2.22. The van der Waals surface area contributed by atoms with Gasteiger partial charge in [0, 0.05) is 24.4 Å². The molecule has 0 atom stereocenters. The fourth-order valence-electron chi connectivity index (χ4n) is 2.42. The Morgan fingerprint density at radius 1 is 1.26 bits per heavy atom. The van der Waals surface area contributed by atoms with E-state index in [1.54, 1.807) is 0 Å². The highest BCUT2D eigenvalue weighted by molar-refractivity contribution is 5.99. The zero-order chi connectivity index (χ0) is 14.3. The van der Waals surface area contributed by atoms with Crippen molar-refractivity contribution in [3.8, 4) is 0 Å². The van der Waals surface area contributed by atoms with Gasteiger partial charge in [0.1, 0.15) is 0 Å². The molecule has 0 bridgehead atoms. The predicted molar refractivity (Wildman–Crippen MR) is 65.2 cm³/mol. The number of carbonyl (C=O) groups is 1. The van der Waals surface area contributed by atoms with Crippen molar-refractivity contribution in [1.82, 2.24) is 4.98 Å². The van der Waals surface area contributed by atoms with E-state index in [1.807, 2.05) is 13.8 Å². The lowest BCUT2D eigenvalue weighted by molar-refractivity contribution is -0.138. The third kappa shape index (κ3) is 3.03. The van der Waals surface area contributed by atoms with E-state index in [9.17, 15) is 18.0 Å². The van der Waals surface area contributed by atoms with E-state index in [0.717, 1.165) is 12.3 Å². The molecule has 1 aromatic heterocycles. The summed E-state index contributed by atoms with van der Waals surface area (Å²) in [5, 5.41) is 0. The van der Waals surface area contributed by atoms with Crippen LogP contribution in [0.1, 0.15) is 37.8 Å². The molecule has 0 unspecified atom stereocenters. The number of pyridine rings is 1. The fourth-order valence-corrected chi connectivity index (χ4v) is 2.42. The highest BCUT2D eigenvalue weighted by Crippen LogP contribution is 2.42. The minimum absolute atomic E-state index is 0.0103. The van der Waals surface area contributed by atoms with E-state index in [0.29, 0.717) is 18.4 Å². The molecule has 1 heterocycles. The lowest BCUT2D eigenvalue weighted by atomic mass is 9.75. The van der Waals surface area contributed by atoms with Gasteiger partial charge in [0.15, 0.2) is 5.78 Å². The molecule has 0 fully saturated rings. The molecular formula is C14H14F3NO. The van der Waals surface area contributed by atoms with Crippen LogP contribution in [0.25, 0.3) is 5.57 Å². The molecule has 0 saturated carbocycles. The number of rotatable bonds is 1. The Balaban J connectivity index is 2.51. The Hall–Kier alpha value is -1.65. The molecule has 0 radical (unpaired) electrons. The Labute approximate surface area is 109 Å². The maximum Gasteiger partial charge on any atom is 0.417 e. The summed E-state index contributed by atoms with van der Waals surface area (Å²) in [5.74, 6) is -0.136. The Kier molecular flexibility index (Phi) is 3.24. The van der Waals surface area contributed by atoms with E-state index >= 15 is 0 Å². The molecule has 0 saturated heterocycles. The van der Waals surface area contributed by atoms with Crippen LogP contribution in [0, 0.1) is 5.41 Å². The van der Waals surface area contributed by atoms with Gasteiger partial charge in [-0.25, -0.2) is 0 Å². The van der Waals surface area contributed by atoms with E-state index in [4.69, 9.17) is 0 Å². The monoisotopic (exact) mass is 269 g/mol. The SMILES string of the molecule is CC1(C)CC(=O)C=C(c2cnccc2C(F)(F)F)C1. The topological polar surface area (TPSA) is 30.0 Å². The molecule has 0 aromatic carbocycles. The third-order valence-electron chi connectivity index (χ3n) is 3.13. The van der Waals surface area contributed by atoms with Crippen LogP contribution in [0.15, 0.2) is 24.5 Å². The normalized spacial score (nSPS) is 19.2. The number of nitrogens with zero attached hydrogens (tertiary/aromatic N) is 1. The Morgan fingerprint density at radius 3 is 2.53 bits per heavy atom. The van der Waals surface area contributed by atoms with Crippen LogP contribution in [0.5, 0.6) is 0 Å². The van der Waals surface area contributed by atoms with Crippen LogP contribution in [0.4, 0.5) is 13.2 Å². The third-order valence-corrected chi connectivity index (χ3v) is 3.13. The predicted octanol–water partition coefficient (Wildman–Crippen LogP) is 3.87. The van der Waals surface area contributed by atoms with Crippen LogP contribution >= 0.6 is 0 Å². The van der Waals surface area contributed by atoms with Gasteiger partial charge in [0.05, 0.1) is 5.56 Å². The largest absolute Gasteiger partial charge is 0.417 e. The zero-order valence-corrected chi connectivity index (χ0v) is 10.7. The summed E-state index contributed by atoms with van der Waals surface area (Å²) in [5.41, 5.74) is -0.628. The van der Waals surface area contributed by atoms with Crippen LogP contribution in [0.2, 0.25) is 0 Å². The molecule has 1 aliphatic rings. The van der Waals surface area contributed by atoms with Crippen LogP contribution in [-0.2, 0) is 11.0 Å². The number of aromatic nitrogens is 1. The Bertz CT molecular complexity index is 544. The van der Waals surface area contributed by atoms with Crippen molar-refractivity contribution >= 4 is 11.4 Å². The molecule has 0 amide bonds. The molecule has 0 aliphatic heterocycles. The van der Waals surface area contributed by atoms with Gasteiger partial charge in [-0.1, -0.05) is 13.8 Å². The zero-order valence-electron chi connectivity index (χ0n) is 10.7. The van der Waals surface area contributed by atoms with E-state index in [1.165, 1.54) is 12.3 Å². The summed E-state index contributed by atoms with van der Waals surface area (Å²) in [4.78, 5) is 15.4. The van der Waals surface area contributed by atoms with Crippen molar-refractivity contribution in [3.05, 3.63) is 35.7 Å². The maximum absolute atomic E-state index is 13.0. The molecule has 0 N–H and O–H groups in total. The number of carbonyl (C=O) groups excluding carboxylic acids is 1. The molecule has 1 aromatic rings. The average Bonchev–Trinajstić information content (AvgIpc) is 2.25. The number of hydrogen-bond acceptors (Lipinski definition) is 2. The summed E-state index contributed by atoms with van der Waals surface area (Å²) in [6.45, 7) is 3.75. The van der Waals surface area contributed by atoms with E-state index < -0.39 is 11.7 Å². The first-order valence-electron chi connectivity index (χ1n) is 5.94. The molecule has 0 spiro atoms. The van der Waals surface area contributed by atoms with Gasteiger partial charge in [0.2, 0.25) is 0 Å². The quantitative estimate of drug-likeness (QED) is 0.774. The molecular weight excluding hydrogens is 255 g/mol. The first kappa shape index (κ1) is 13.8.